The van der Waals surface area contributed by atoms with E-state index in [0.29, 0.717) is 12.1 Å². The Bertz CT molecular complexity index is 862. The van der Waals surface area contributed by atoms with Crippen LogP contribution in [0.2, 0.25) is 0 Å². The second kappa shape index (κ2) is 6.63. The quantitative estimate of drug-likeness (QED) is 0.737. The van der Waals surface area contributed by atoms with Gasteiger partial charge in [0.25, 0.3) is 0 Å². The van der Waals surface area contributed by atoms with Gasteiger partial charge in [0, 0.05) is 34.0 Å². The highest BCUT2D eigenvalue weighted by Gasteiger charge is 2.16. The van der Waals surface area contributed by atoms with Crippen LogP contribution in [0, 0.1) is 5.82 Å². The molecule has 0 saturated heterocycles. The molecule has 1 N–H and O–H groups in total. The fourth-order valence-electron chi connectivity index (χ4n) is 2.73. The monoisotopic (exact) mass is 341 g/mol. The van der Waals surface area contributed by atoms with E-state index < -0.39 is 0 Å². The Hall–Kier alpha value is -2.37. The highest BCUT2D eigenvalue weighted by atomic mass is 32.1. The normalized spacial score (nSPS) is 12.5. The average Bonchev–Trinajstić information content (AvgIpc) is 3.25. The molecule has 0 aliphatic carbocycles. The molecule has 4 rings (SSSR count). The minimum absolute atomic E-state index is 0.184. The molecule has 3 aromatic rings. The van der Waals surface area contributed by atoms with Gasteiger partial charge in [0.05, 0.1) is 0 Å². The summed E-state index contributed by atoms with van der Waals surface area (Å²) in [5.41, 5.74) is 1.73. The standard InChI is InChI=1S/C19H16FNO2S/c20-16-6-2-1-5-15(16)18-9-8-14(24-18)11-21-10-13-4-3-7-17-19(13)23-12-22-17/h1-9,21H,10-12H2. The molecular formula is C19H16FNO2S. The lowest BCUT2D eigenvalue weighted by atomic mass is 10.2. The van der Waals surface area contributed by atoms with E-state index in [1.54, 1.807) is 17.4 Å². The molecule has 2 heterocycles. The van der Waals surface area contributed by atoms with E-state index in [2.05, 4.69) is 5.32 Å². The average molecular weight is 341 g/mol. The molecule has 2 aromatic carbocycles. The number of hydrogen-bond donors (Lipinski definition) is 1. The van der Waals surface area contributed by atoms with Crippen LogP contribution < -0.4 is 14.8 Å². The second-order valence-corrected chi connectivity index (χ2v) is 6.67. The van der Waals surface area contributed by atoms with Gasteiger partial charge in [-0.05, 0) is 24.3 Å². The first-order valence-electron chi connectivity index (χ1n) is 7.73. The largest absolute Gasteiger partial charge is 0.454 e. The number of fused-ring (bicyclic) bond motifs is 1. The molecule has 0 atom stereocenters. The Kier molecular flexibility index (Phi) is 4.19. The van der Waals surface area contributed by atoms with Crippen LogP contribution in [0.4, 0.5) is 4.39 Å². The van der Waals surface area contributed by atoms with E-state index in [1.165, 1.54) is 6.07 Å². The second-order valence-electron chi connectivity index (χ2n) is 5.50. The summed E-state index contributed by atoms with van der Waals surface area (Å²) in [5.74, 6) is 1.44. The van der Waals surface area contributed by atoms with E-state index in [0.717, 1.165) is 33.4 Å². The van der Waals surface area contributed by atoms with Gasteiger partial charge >= 0.3 is 0 Å². The van der Waals surface area contributed by atoms with Crippen molar-refractivity contribution in [2.75, 3.05) is 6.79 Å². The van der Waals surface area contributed by atoms with Crippen LogP contribution in [0.5, 0.6) is 11.5 Å². The van der Waals surface area contributed by atoms with Crippen molar-refractivity contribution in [2.24, 2.45) is 0 Å². The summed E-state index contributed by atoms with van der Waals surface area (Å²) in [6.45, 7) is 1.70. The molecule has 0 amide bonds. The molecule has 0 bridgehead atoms. The van der Waals surface area contributed by atoms with E-state index >= 15 is 0 Å². The maximum Gasteiger partial charge on any atom is 0.231 e. The van der Waals surface area contributed by atoms with E-state index in [-0.39, 0.29) is 12.6 Å². The zero-order chi connectivity index (χ0) is 16.4. The third-order valence-corrected chi connectivity index (χ3v) is 5.01. The highest BCUT2D eigenvalue weighted by molar-refractivity contribution is 7.15. The first-order chi connectivity index (χ1) is 11.8. The Morgan fingerprint density at radius 3 is 2.79 bits per heavy atom. The van der Waals surface area contributed by atoms with Crippen molar-refractivity contribution in [3.05, 3.63) is 70.9 Å². The fraction of sp³-hybridized carbons (Fsp3) is 0.158. The summed E-state index contributed by atoms with van der Waals surface area (Å²) in [5, 5.41) is 3.41. The van der Waals surface area contributed by atoms with E-state index in [9.17, 15) is 4.39 Å². The van der Waals surface area contributed by atoms with Gasteiger partial charge in [-0.3, -0.25) is 0 Å². The van der Waals surface area contributed by atoms with Gasteiger partial charge in [-0.1, -0.05) is 30.3 Å². The summed E-state index contributed by atoms with van der Waals surface area (Å²) in [4.78, 5) is 2.11. The van der Waals surface area contributed by atoms with E-state index in [4.69, 9.17) is 9.47 Å². The Morgan fingerprint density at radius 1 is 0.958 bits per heavy atom. The van der Waals surface area contributed by atoms with Gasteiger partial charge in [-0.15, -0.1) is 11.3 Å². The fourth-order valence-corrected chi connectivity index (χ4v) is 3.73. The molecule has 5 heteroatoms. The molecule has 1 aliphatic heterocycles. The minimum atomic E-state index is -0.184. The molecule has 0 unspecified atom stereocenters. The number of nitrogens with one attached hydrogen (secondary N) is 1. The van der Waals surface area contributed by atoms with Crippen LogP contribution in [0.25, 0.3) is 10.4 Å². The zero-order valence-corrected chi connectivity index (χ0v) is 13.7. The predicted octanol–water partition coefficient (Wildman–Crippen LogP) is 4.57. The van der Waals surface area contributed by atoms with Crippen LogP contribution in [0.15, 0.2) is 54.6 Å². The van der Waals surface area contributed by atoms with Crippen molar-refractivity contribution >= 4 is 11.3 Å². The molecule has 1 aliphatic rings. The number of ether oxygens (including phenoxy) is 2. The number of hydrogen-bond acceptors (Lipinski definition) is 4. The van der Waals surface area contributed by atoms with Crippen LogP contribution in [0.3, 0.4) is 0 Å². The van der Waals surface area contributed by atoms with Crippen molar-refractivity contribution in [1.82, 2.24) is 5.32 Å². The van der Waals surface area contributed by atoms with Crippen LogP contribution in [0.1, 0.15) is 10.4 Å². The maximum atomic E-state index is 13.9. The maximum absolute atomic E-state index is 13.9. The van der Waals surface area contributed by atoms with E-state index in [1.807, 2.05) is 42.5 Å². The van der Waals surface area contributed by atoms with Crippen molar-refractivity contribution in [3.63, 3.8) is 0 Å². The summed E-state index contributed by atoms with van der Waals surface area (Å²) < 4.78 is 24.7. The molecule has 1 aromatic heterocycles. The van der Waals surface area contributed by atoms with Gasteiger partial charge in [0.15, 0.2) is 11.5 Å². The molecule has 0 radical (unpaired) electrons. The Morgan fingerprint density at radius 2 is 1.88 bits per heavy atom. The smallest absolute Gasteiger partial charge is 0.231 e. The summed E-state index contributed by atoms with van der Waals surface area (Å²) in [6, 6.07) is 16.8. The Labute approximate surface area is 143 Å². The van der Waals surface area contributed by atoms with Crippen LogP contribution in [-0.2, 0) is 13.1 Å². The molecular weight excluding hydrogens is 325 g/mol. The molecule has 24 heavy (non-hydrogen) atoms. The minimum Gasteiger partial charge on any atom is -0.454 e. The molecule has 0 fully saturated rings. The lowest BCUT2D eigenvalue weighted by molar-refractivity contribution is 0.173. The van der Waals surface area contributed by atoms with Gasteiger partial charge in [0.2, 0.25) is 6.79 Å². The van der Waals surface area contributed by atoms with Gasteiger partial charge in [-0.25, -0.2) is 4.39 Å². The predicted molar refractivity (Wildman–Crippen MR) is 92.8 cm³/mol. The van der Waals surface area contributed by atoms with Crippen molar-refractivity contribution in [3.8, 4) is 21.9 Å². The third kappa shape index (κ3) is 3.00. The summed E-state index contributed by atoms with van der Waals surface area (Å²) in [7, 11) is 0. The van der Waals surface area contributed by atoms with Gasteiger partial charge in [-0.2, -0.15) is 0 Å². The van der Waals surface area contributed by atoms with Crippen molar-refractivity contribution < 1.29 is 13.9 Å². The third-order valence-electron chi connectivity index (χ3n) is 3.89. The number of thiophene rings is 1. The summed E-state index contributed by atoms with van der Waals surface area (Å²) in [6.07, 6.45) is 0. The first-order valence-corrected chi connectivity index (χ1v) is 8.55. The van der Waals surface area contributed by atoms with Gasteiger partial charge < -0.3 is 14.8 Å². The molecule has 3 nitrogen and oxygen atoms in total. The van der Waals surface area contributed by atoms with Crippen molar-refractivity contribution in [1.29, 1.82) is 0 Å². The Balaban J connectivity index is 1.41. The lowest BCUT2D eigenvalue weighted by Gasteiger charge is -2.06. The molecule has 0 saturated carbocycles. The highest BCUT2D eigenvalue weighted by Crippen LogP contribution is 2.35. The topological polar surface area (TPSA) is 30.5 Å². The molecule has 0 spiro atoms. The number of para-hydroxylation sites is 1. The first kappa shape index (κ1) is 15.2. The lowest BCUT2D eigenvalue weighted by Crippen LogP contribution is -2.12. The zero-order valence-electron chi connectivity index (χ0n) is 12.9. The number of benzene rings is 2. The SMILES string of the molecule is Fc1ccccc1-c1ccc(CNCc2cccc3c2OCO3)s1. The van der Waals surface area contributed by atoms with Gasteiger partial charge in [0.1, 0.15) is 5.82 Å². The van der Waals surface area contributed by atoms with Crippen molar-refractivity contribution in [2.45, 2.75) is 13.1 Å². The summed E-state index contributed by atoms with van der Waals surface area (Å²) >= 11 is 1.60. The van der Waals surface area contributed by atoms with Crippen LogP contribution in [-0.4, -0.2) is 6.79 Å². The molecule has 122 valence electrons. The number of rotatable bonds is 5. The van der Waals surface area contributed by atoms with Crippen LogP contribution >= 0.6 is 11.3 Å². The number of halogens is 1.